The highest BCUT2D eigenvalue weighted by Gasteiger charge is 2.30. The van der Waals surface area contributed by atoms with Crippen molar-refractivity contribution in [2.24, 2.45) is 0 Å². The van der Waals surface area contributed by atoms with Crippen LogP contribution < -0.4 is 10.5 Å². The van der Waals surface area contributed by atoms with Crippen LogP contribution in [-0.2, 0) is 14.8 Å². The van der Waals surface area contributed by atoms with Gasteiger partial charge in [0.05, 0.1) is 23.8 Å². The number of nitrogen functional groups attached to an aromatic ring is 1. The first-order valence-electron chi connectivity index (χ1n) is 6.37. The van der Waals surface area contributed by atoms with Gasteiger partial charge in [0.2, 0.25) is 10.0 Å². The molecule has 0 amide bonds. The minimum absolute atomic E-state index is 0.0914. The van der Waals surface area contributed by atoms with Gasteiger partial charge in [-0.15, -0.1) is 0 Å². The normalized spacial score (nSPS) is 17.4. The van der Waals surface area contributed by atoms with Crippen molar-refractivity contribution in [2.75, 3.05) is 38.6 Å². The number of morpholine rings is 1. The Morgan fingerprint density at radius 1 is 1.27 bits per heavy atom. The van der Waals surface area contributed by atoms with E-state index in [1.54, 1.807) is 0 Å². The summed E-state index contributed by atoms with van der Waals surface area (Å²) in [5, 5.41) is 0. The smallest absolute Gasteiger partial charge is 0.422 e. The van der Waals surface area contributed by atoms with E-state index in [9.17, 15) is 21.6 Å². The Labute approximate surface area is 125 Å². The van der Waals surface area contributed by atoms with Crippen molar-refractivity contribution in [1.82, 2.24) is 4.31 Å². The molecule has 0 saturated carbocycles. The van der Waals surface area contributed by atoms with E-state index in [1.165, 1.54) is 10.4 Å². The van der Waals surface area contributed by atoms with Gasteiger partial charge >= 0.3 is 6.18 Å². The minimum Gasteiger partial charge on any atom is -0.482 e. The summed E-state index contributed by atoms with van der Waals surface area (Å²) in [6.45, 7) is -0.473. The fourth-order valence-corrected chi connectivity index (χ4v) is 3.36. The number of nitrogens with zero attached hydrogens (tertiary/aromatic N) is 1. The van der Waals surface area contributed by atoms with Gasteiger partial charge in [-0.1, -0.05) is 0 Å². The topological polar surface area (TPSA) is 81.9 Å². The third-order valence-corrected chi connectivity index (χ3v) is 4.88. The number of rotatable bonds is 4. The molecule has 1 heterocycles. The zero-order valence-corrected chi connectivity index (χ0v) is 12.3. The van der Waals surface area contributed by atoms with Crippen LogP contribution in [0.1, 0.15) is 0 Å². The van der Waals surface area contributed by atoms with Gasteiger partial charge < -0.3 is 15.2 Å². The average Bonchev–Trinajstić information content (AvgIpc) is 2.46. The van der Waals surface area contributed by atoms with Crippen molar-refractivity contribution in [3.63, 3.8) is 0 Å². The zero-order chi connectivity index (χ0) is 16.4. The first-order chi connectivity index (χ1) is 10.2. The summed E-state index contributed by atoms with van der Waals surface area (Å²) in [5.41, 5.74) is 5.41. The summed E-state index contributed by atoms with van der Waals surface area (Å²) in [6.07, 6.45) is -4.50. The van der Waals surface area contributed by atoms with Crippen LogP contribution in [0.15, 0.2) is 23.1 Å². The van der Waals surface area contributed by atoms with E-state index in [0.29, 0.717) is 13.2 Å². The molecule has 0 radical (unpaired) electrons. The number of sulfonamides is 1. The van der Waals surface area contributed by atoms with Crippen molar-refractivity contribution < 1.29 is 31.1 Å². The van der Waals surface area contributed by atoms with Gasteiger partial charge in [0.25, 0.3) is 0 Å². The molecule has 2 rings (SSSR count). The van der Waals surface area contributed by atoms with Crippen LogP contribution in [0.5, 0.6) is 5.75 Å². The molecule has 22 heavy (non-hydrogen) atoms. The molecule has 0 aliphatic carbocycles. The highest BCUT2D eigenvalue weighted by Crippen LogP contribution is 2.28. The van der Waals surface area contributed by atoms with Gasteiger partial charge in [-0.2, -0.15) is 17.5 Å². The van der Waals surface area contributed by atoms with Crippen LogP contribution in [0.3, 0.4) is 0 Å². The predicted octanol–water partition coefficient (Wildman–Crippen LogP) is 1.23. The Morgan fingerprint density at radius 3 is 2.45 bits per heavy atom. The number of nitrogens with two attached hydrogens (primary N) is 1. The Kier molecular flexibility index (Phi) is 4.83. The molecule has 0 aromatic heterocycles. The van der Waals surface area contributed by atoms with Crippen LogP contribution in [-0.4, -0.2) is 51.8 Å². The highest BCUT2D eigenvalue weighted by atomic mass is 32.2. The summed E-state index contributed by atoms with van der Waals surface area (Å²) in [4.78, 5) is -0.0914. The second kappa shape index (κ2) is 6.31. The molecule has 1 aromatic rings. The molecule has 0 spiro atoms. The van der Waals surface area contributed by atoms with Gasteiger partial charge in [-0.25, -0.2) is 8.42 Å². The van der Waals surface area contributed by atoms with E-state index in [4.69, 9.17) is 10.5 Å². The lowest BCUT2D eigenvalue weighted by Gasteiger charge is -2.26. The van der Waals surface area contributed by atoms with E-state index in [1.807, 2.05) is 0 Å². The second-order valence-electron chi connectivity index (χ2n) is 4.62. The third-order valence-electron chi connectivity index (χ3n) is 2.98. The number of alkyl halides is 3. The fraction of sp³-hybridized carbons (Fsp3) is 0.500. The van der Waals surface area contributed by atoms with Crippen LogP contribution in [0, 0.1) is 0 Å². The Bertz CT molecular complexity index is 628. The molecule has 1 aliphatic rings. The number of halogens is 3. The molecule has 1 saturated heterocycles. The summed E-state index contributed by atoms with van der Waals surface area (Å²) < 4.78 is 71.9. The van der Waals surface area contributed by atoms with Gasteiger partial charge in [-0.3, -0.25) is 0 Å². The van der Waals surface area contributed by atoms with Crippen LogP contribution >= 0.6 is 0 Å². The van der Waals surface area contributed by atoms with Crippen LogP contribution in [0.25, 0.3) is 0 Å². The van der Waals surface area contributed by atoms with E-state index < -0.39 is 22.8 Å². The molecule has 1 aromatic carbocycles. The molecule has 124 valence electrons. The fourth-order valence-electron chi connectivity index (χ4n) is 1.91. The molecule has 0 unspecified atom stereocenters. The summed E-state index contributed by atoms with van der Waals surface area (Å²) in [5.74, 6) is -0.210. The SMILES string of the molecule is Nc1cc(S(=O)(=O)N2CCOCC2)ccc1OCC(F)(F)F. The third kappa shape index (κ3) is 4.02. The van der Waals surface area contributed by atoms with Crippen molar-refractivity contribution in [3.8, 4) is 5.75 Å². The first-order valence-corrected chi connectivity index (χ1v) is 7.81. The Balaban J connectivity index is 2.17. The standard InChI is InChI=1S/C12H15F3N2O4S/c13-12(14,15)8-21-11-2-1-9(7-10(11)16)22(18,19)17-3-5-20-6-4-17/h1-2,7H,3-6,8,16H2. The maximum atomic E-state index is 12.4. The van der Waals surface area contributed by atoms with Gasteiger partial charge in [0, 0.05) is 13.1 Å². The first kappa shape index (κ1) is 16.8. The summed E-state index contributed by atoms with van der Waals surface area (Å²) in [7, 11) is -3.75. The molecule has 10 heteroatoms. The lowest BCUT2D eigenvalue weighted by molar-refractivity contribution is -0.153. The van der Waals surface area contributed by atoms with Crippen molar-refractivity contribution in [3.05, 3.63) is 18.2 Å². The van der Waals surface area contributed by atoms with E-state index >= 15 is 0 Å². The van der Waals surface area contributed by atoms with Crippen molar-refractivity contribution >= 4 is 15.7 Å². The molecule has 2 N–H and O–H groups in total. The number of hydrogen-bond acceptors (Lipinski definition) is 5. The van der Waals surface area contributed by atoms with Gasteiger partial charge in [0.15, 0.2) is 6.61 Å². The van der Waals surface area contributed by atoms with Crippen LogP contribution in [0.2, 0.25) is 0 Å². The number of benzene rings is 1. The molecule has 0 atom stereocenters. The van der Waals surface area contributed by atoms with Gasteiger partial charge in [0.1, 0.15) is 5.75 Å². The number of ether oxygens (including phenoxy) is 2. The van der Waals surface area contributed by atoms with Crippen molar-refractivity contribution in [1.29, 1.82) is 0 Å². The van der Waals surface area contributed by atoms with Crippen molar-refractivity contribution in [2.45, 2.75) is 11.1 Å². The molecular weight excluding hydrogens is 325 g/mol. The largest absolute Gasteiger partial charge is 0.482 e. The Hall–Kier alpha value is -1.52. The lowest BCUT2D eigenvalue weighted by Crippen LogP contribution is -2.40. The average molecular weight is 340 g/mol. The van der Waals surface area contributed by atoms with E-state index in [2.05, 4.69) is 4.74 Å². The number of hydrogen-bond donors (Lipinski definition) is 1. The predicted molar refractivity (Wildman–Crippen MR) is 72.0 cm³/mol. The number of anilines is 1. The molecule has 0 bridgehead atoms. The highest BCUT2D eigenvalue weighted by molar-refractivity contribution is 7.89. The second-order valence-corrected chi connectivity index (χ2v) is 6.56. The lowest BCUT2D eigenvalue weighted by atomic mass is 10.3. The monoisotopic (exact) mass is 340 g/mol. The van der Waals surface area contributed by atoms with Gasteiger partial charge in [-0.05, 0) is 18.2 Å². The minimum atomic E-state index is -4.50. The summed E-state index contributed by atoms with van der Waals surface area (Å²) in [6, 6.07) is 3.39. The maximum Gasteiger partial charge on any atom is 0.422 e. The van der Waals surface area contributed by atoms with Crippen LogP contribution in [0.4, 0.5) is 18.9 Å². The zero-order valence-electron chi connectivity index (χ0n) is 11.5. The quantitative estimate of drug-likeness (QED) is 0.834. The summed E-state index contributed by atoms with van der Waals surface area (Å²) >= 11 is 0. The molecule has 1 fully saturated rings. The molecular formula is C12H15F3N2O4S. The maximum absolute atomic E-state index is 12.4. The Morgan fingerprint density at radius 2 is 1.91 bits per heavy atom. The molecule has 1 aliphatic heterocycles. The van der Waals surface area contributed by atoms with E-state index in [0.717, 1.165) is 12.1 Å². The molecule has 6 nitrogen and oxygen atoms in total. The van der Waals surface area contributed by atoms with E-state index in [-0.39, 0.29) is 29.4 Å².